The molecule has 0 aromatic carbocycles. The van der Waals surface area contributed by atoms with Gasteiger partial charge in [0.1, 0.15) is 0 Å². The monoisotopic (exact) mass is 139 g/mol. The van der Waals surface area contributed by atoms with Crippen LogP contribution in [-0.2, 0) is 4.79 Å². The van der Waals surface area contributed by atoms with Gasteiger partial charge in [0.15, 0.2) is 0 Å². The van der Waals surface area contributed by atoms with E-state index in [9.17, 15) is 4.79 Å². The predicted molar refractivity (Wildman–Crippen MR) is 40.5 cm³/mol. The number of rotatable bonds is 1. The van der Waals surface area contributed by atoms with E-state index in [4.69, 9.17) is 0 Å². The van der Waals surface area contributed by atoms with Gasteiger partial charge in [0.25, 0.3) is 0 Å². The first-order valence-electron chi connectivity index (χ1n) is 3.50. The van der Waals surface area contributed by atoms with Crippen molar-refractivity contribution in [2.45, 2.75) is 26.3 Å². The van der Waals surface area contributed by atoms with Crippen molar-refractivity contribution in [1.82, 2.24) is 5.32 Å². The minimum atomic E-state index is -0.196. The normalized spacial score (nSPS) is 29.8. The lowest BCUT2D eigenvalue weighted by molar-refractivity contribution is -0.126. The van der Waals surface area contributed by atoms with Crippen LogP contribution in [0.5, 0.6) is 0 Å². The molecule has 1 aliphatic heterocycles. The first-order chi connectivity index (χ1) is 4.56. The molecule has 1 fully saturated rings. The molecule has 1 amide bonds. The number of amides is 1. The molecule has 0 spiro atoms. The molecule has 2 nitrogen and oxygen atoms in total. The topological polar surface area (TPSA) is 29.1 Å². The highest BCUT2D eigenvalue weighted by Gasteiger charge is 2.37. The molecule has 0 bridgehead atoms. The first kappa shape index (κ1) is 7.32. The van der Waals surface area contributed by atoms with Crippen molar-refractivity contribution >= 4 is 5.91 Å². The second kappa shape index (κ2) is 2.11. The van der Waals surface area contributed by atoms with Crippen LogP contribution in [0.15, 0.2) is 12.7 Å². The number of nitrogens with one attached hydrogen (secondary N) is 1. The van der Waals surface area contributed by atoms with Crippen molar-refractivity contribution in [2.24, 2.45) is 5.41 Å². The Balaban J connectivity index is 2.70. The summed E-state index contributed by atoms with van der Waals surface area (Å²) in [4.78, 5) is 11.1. The van der Waals surface area contributed by atoms with Crippen LogP contribution in [0.3, 0.4) is 0 Å². The molecule has 1 aliphatic rings. The highest BCUT2D eigenvalue weighted by molar-refractivity contribution is 5.84. The van der Waals surface area contributed by atoms with Crippen LogP contribution in [0.2, 0.25) is 0 Å². The molecule has 2 heteroatoms. The van der Waals surface area contributed by atoms with Crippen LogP contribution in [-0.4, -0.2) is 11.9 Å². The average molecular weight is 139 g/mol. The molecule has 1 saturated heterocycles. The molecule has 0 aliphatic carbocycles. The summed E-state index contributed by atoms with van der Waals surface area (Å²) in [6.07, 6.45) is 2.65. The standard InChI is InChI=1S/C8H13NO/c1-4-6-5-8(2,3)7(10)9-6/h4,6H,1,5H2,2-3H3,(H,9,10). The fourth-order valence-electron chi connectivity index (χ4n) is 1.20. The summed E-state index contributed by atoms with van der Waals surface area (Å²) in [7, 11) is 0. The lowest BCUT2D eigenvalue weighted by atomic mass is 9.90. The predicted octanol–water partition coefficient (Wildman–Crippen LogP) is 1.09. The van der Waals surface area contributed by atoms with E-state index in [0.29, 0.717) is 0 Å². The highest BCUT2D eigenvalue weighted by atomic mass is 16.2. The van der Waals surface area contributed by atoms with Crippen LogP contribution < -0.4 is 5.32 Å². The molecule has 0 saturated carbocycles. The summed E-state index contributed by atoms with van der Waals surface area (Å²) in [5.74, 6) is 0.136. The van der Waals surface area contributed by atoms with E-state index in [0.717, 1.165) is 6.42 Å². The maximum atomic E-state index is 11.1. The van der Waals surface area contributed by atoms with Crippen LogP contribution >= 0.6 is 0 Å². The molecule has 0 radical (unpaired) electrons. The Morgan fingerprint density at radius 1 is 1.80 bits per heavy atom. The minimum Gasteiger partial charge on any atom is -0.349 e. The molecule has 0 aromatic heterocycles. The van der Waals surface area contributed by atoms with Crippen molar-refractivity contribution in [3.8, 4) is 0 Å². The molecule has 1 unspecified atom stereocenters. The summed E-state index contributed by atoms with van der Waals surface area (Å²) in [6.45, 7) is 7.53. The molecular weight excluding hydrogens is 126 g/mol. The van der Waals surface area contributed by atoms with Gasteiger partial charge in [-0.15, -0.1) is 6.58 Å². The van der Waals surface area contributed by atoms with E-state index in [2.05, 4.69) is 11.9 Å². The van der Waals surface area contributed by atoms with Gasteiger partial charge in [-0.2, -0.15) is 0 Å². The van der Waals surface area contributed by atoms with E-state index >= 15 is 0 Å². The summed E-state index contributed by atoms with van der Waals surface area (Å²) in [5.41, 5.74) is -0.196. The second-order valence-corrected chi connectivity index (χ2v) is 3.40. The van der Waals surface area contributed by atoms with E-state index in [1.54, 1.807) is 6.08 Å². The molecule has 1 N–H and O–H groups in total. The van der Waals surface area contributed by atoms with Gasteiger partial charge in [0.05, 0.1) is 0 Å². The summed E-state index contributed by atoms with van der Waals surface area (Å²) in [5, 5.41) is 2.84. The van der Waals surface area contributed by atoms with Gasteiger partial charge >= 0.3 is 0 Å². The van der Waals surface area contributed by atoms with Crippen LogP contribution in [0.1, 0.15) is 20.3 Å². The molecule has 10 heavy (non-hydrogen) atoms. The zero-order chi connectivity index (χ0) is 7.78. The largest absolute Gasteiger partial charge is 0.349 e. The van der Waals surface area contributed by atoms with Crippen LogP contribution in [0.4, 0.5) is 0 Å². The van der Waals surface area contributed by atoms with Crippen molar-refractivity contribution in [2.75, 3.05) is 0 Å². The average Bonchev–Trinajstić information content (AvgIpc) is 2.08. The number of hydrogen-bond donors (Lipinski definition) is 1. The van der Waals surface area contributed by atoms with Gasteiger partial charge in [-0.1, -0.05) is 19.9 Å². The van der Waals surface area contributed by atoms with Gasteiger partial charge in [-0.3, -0.25) is 4.79 Å². The van der Waals surface area contributed by atoms with Crippen LogP contribution in [0.25, 0.3) is 0 Å². The van der Waals surface area contributed by atoms with E-state index in [1.807, 2.05) is 13.8 Å². The van der Waals surface area contributed by atoms with Gasteiger partial charge in [-0.25, -0.2) is 0 Å². The minimum absolute atomic E-state index is 0.136. The third-order valence-corrected chi connectivity index (χ3v) is 1.95. The van der Waals surface area contributed by atoms with E-state index in [-0.39, 0.29) is 17.4 Å². The Morgan fingerprint density at radius 3 is 2.60 bits per heavy atom. The van der Waals surface area contributed by atoms with E-state index in [1.165, 1.54) is 0 Å². The van der Waals surface area contributed by atoms with E-state index < -0.39 is 0 Å². The lowest BCUT2D eigenvalue weighted by Crippen LogP contribution is -2.27. The lowest BCUT2D eigenvalue weighted by Gasteiger charge is -2.10. The number of hydrogen-bond acceptors (Lipinski definition) is 1. The zero-order valence-electron chi connectivity index (χ0n) is 6.48. The summed E-state index contributed by atoms with van der Waals surface area (Å²) < 4.78 is 0. The Morgan fingerprint density at radius 2 is 2.40 bits per heavy atom. The molecule has 1 heterocycles. The third kappa shape index (κ3) is 1.06. The van der Waals surface area contributed by atoms with Crippen molar-refractivity contribution in [3.05, 3.63) is 12.7 Å². The first-order valence-corrected chi connectivity index (χ1v) is 3.50. The maximum absolute atomic E-state index is 11.1. The Bertz CT molecular complexity index is 172. The Labute approximate surface area is 61.3 Å². The van der Waals surface area contributed by atoms with Gasteiger partial charge in [0.2, 0.25) is 5.91 Å². The molecule has 1 rings (SSSR count). The highest BCUT2D eigenvalue weighted by Crippen LogP contribution is 2.28. The Kier molecular flexibility index (Phi) is 1.55. The van der Waals surface area contributed by atoms with Gasteiger partial charge in [0, 0.05) is 11.5 Å². The maximum Gasteiger partial charge on any atom is 0.226 e. The van der Waals surface area contributed by atoms with Gasteiger partial charge < -0.3 is 5.32 Å². The summed E-state index contributed by atoms with van der Waals surface area (Å²) in [6, 6.07) is 0.183. The molecule has 0 aromatic rings. The van der Waals surface area contributed by atoms with Crippen molar-refractivity contribution in [1.29, 1.82) is 0 Å². The third-order valence-electron chi connectivity index (χ3n) is 1.95. The van der Waals surface area contributed by atoms with Gasteiger partial charge in [-0.05, 0) is 6.42 Å². The SMILES string of the molecule is C=CC1CC(C)(C)C(=O)N1. The molecule has 56 valence electrons. The second-order valence-electron chi connectivity index (χ2n) is 3.40. The quantitative estimate of drug-likeness (QED) is 0.541. The zero-order valence-corrected chi connectivity index (χ0v) is 6.48. The molecule has 1 atom stereocenters. The Hall–Kier alpha value is -0.790. The fraction of sp³-hybridized carbons (Fsp3) is 0.625. The van der Waals surface area contributed by atoms with Crippen LogP contribution in [0, 0.1) is 5.41 Å². The van der Waals surface area contributed by atoms with Crippen molar-refractivity contribution in [3.63, 3.8) is 0 Å². The smallest absolute Gasteiger partial charge is 0.226 e. The number of carbonyl (C=O) groups is 1. The number of carbonyl (C=O) groups excluding carboxylic acids is 1. The van der Waals surface area contributed by atoms with Crippen molar-refractivity contribution < 1.29 is 4.79 Å². The summed E-state index contributed by atoms with van der Waals surface area (Å²) >= 11 is 0. The fourth-order valence-corrected chi connectivity index (χ4v) is 1.20. The molecular formula is C8H13NO.